The maximum absolute atomic E-state index is 12.6. The average molecular weight is 333 g/mol. The molecular weight excluding hydrogens is 319 g/mol. The summed E-state index contributed by atoms with van der Waals surface area (Å²) in [6.45, 7) is 3.69. The molecule has 120 valence electrons. The molecule has 0 aliphatic rings. The van der Waals surface area contributed by atoms with Gasteiger partial charge in [0.15, 0.2) is 5.03 Å². The molecule has 0 spiro atoms. The zero-order chi connectivity index (χ0) is 16.5. The lowest BCUT2D eigenvalue weighted by Gasteiger charge is -2.10. The van der Waals surface area contributed by atoms with Crippen LogP contribution in [-0.2, 0) is 16.2 Å². The second kappa shape index (κ2) is 5.64. The summed E-state index contributed by atoms with van der Waals surface area (Å²) >= 11 is 0. The van der Waals surface area contributed by atoms with Gasteiger partial charge in [-0.05, 0) is 32.0 Å². The first-order valence-electron chi connectivity index (χ1n) is 6.33. The predicted molar refractivity (Wildman–Crippen MR) is 74.9 cm³/mol. The van der Waals surface area contributed by atoms with Crippen LogP contribution in [0, 0.1) is 0 Å². The molecule has 0 saturated carbocycles. The maximum Gasteiger partial charge on any atom is 0.416 e. The van der Waals surface area contributed by atoms with Crippen molar-refractivity contribution in [2.24, 2.45) is 0 Å². The summed E-state index contributed by atoms with van der Waals surface area (Å²) in [6, 6.07) is 3.99. The Morgan fingerprint density at radius 1 is 1.27 bits per heavy atom. The highest BCUT2D eigenvalue weighted by molar-refractivity contribution is 7.92. The first-order valence-corrected chi connectivity index (χ1v) is 7.81. The second-order valence-corrected chi connectivity index (χ2v) is 6.57. The molecule has 0 saturated heterocycles. The highest BCUT2D eigenvalue weighted by Gasteiger charge is 2.30. The predicted octanol–water partition coefficient (Wildman–Crippen LogP) is 3.28. The average Bonchev–Trinajstić information content (AvgIpc) is 2.88. The van der Waals surface area contributed by atoms with Crippen molar-refractivity contribution in [3.63, 3.8) is 0 Å². The molecule has 1 aromatic heterocycles. The van der Waals surface area contributed by atoms with Gasteiger partial charge in [0.1, 0.15) is 0 Å². The fourth-order valence-corrected chi connectivity index (χ4v) is 2.69. The standard InChI is InChI=1S/C13H14F3N3O2S/c1-9(2)19-7-12(17-8-19)22(20,21)18-11-5-3-4-10(6-11)13(14,15)16/h3-9,18H,1-2H3. The van der Waals surface area contributed by atoms with E-state index >= 15 is 0 Å². The minimum absolute atomic E-state index is 0.0185. The summed E-state index contributed by atoms with van der Waals surface area (Å²) in [7, 11) is -4.04. The summed E-state index contributed by atoms with van der Waals surface area (Å²) in [5.74, 6) is 0. The Morgan fingerprint density at radius 2 is 1.95 bits per heavy atom. The molecule has 9 heteroatoms. The molecule has 0 fully saturated rings. The Labute approximate surface area is 125 Å². The minimum Gasteiger partial charge on any atom is -0.334 e. The third-order valence-electron chi connectivity index (χ3n) is 2.89. The van der Waals surface area contributed by atoms with Crippen LogP contribution in [0.25, 0.3) is 0 Å². The van der Waals surface area contributed by atoms with E-state index < -0.39 is 21.8 Å². The molecule has 1 aromatic carbocycles. The fourth-order valence-electron chi connectivity index (χ4n) is 1.71. The molecule has 0 unspecified atom stereocenters. The van der Waals surface area contributed by atoms with Crippen molar-refractivity contribution in [3.8, 4) is 0 Å². The topological polar surface area (TPSA) is 64.0 Å². The van der Waals surface area contributed by atoms with E-state index in [-0.39, 0.29) is 16.8 Å². The lowest BCUT2D eigenvalue weighted by atomic mass is 10.2. The van der Waals surface area contributed by atoms with Gasteiger partial charge >= 0.3 is 6.18 Å². The Kier molecular flexibility index (Phi) is 4.19. The molecule has 2 aromatic rings. The summed E-state index contributed by atoms with van der Waals surface area (Å²) in [4.78, 5) is 3.77. The van der Waals surface area contributed by atoms with Crippen LogP contribution >= 0.6 is 0 Å². The van der Waals surface area contributed by atoms with Gasteiger partial charge in [-0.1, -0.05) is 6.07 Å². The number of alkyl halides is 3. The number of benzene rings is 1. The Hall–Kier alpha value is -2.03. The SMILES string of the molecule is CC(C)n1cnc(S(=O)(=O)Nc2cccc(C(F)(F)F)c2)c1. The number of hydrogen-bond acceptors (Lipinski definition) is 3. The molecule has 0 bridgehead atoms. The van der Waals surface area contributed by atoms with E-state index in [1.807, 2.05) is 13.8 Å². The summed E-state index contributed by atoms with van der Waals surface area (Å²) in [6.07, 6.45) is -1.87. The van der Waals surface area contributed by atoms with E-state index in [2.05, 4.69) is 9.71 Å². The first-order chi connectivity index (χ1) is 10.1. The largest absolute Gasteiger partial charge is 0.416 e. The van der Waals surface area contributed by atoms with Gasteiger partial charge in [-0.25, -0.2) is 4.98 Å². The van der Waals surface area contributed by atoms with E-state index in [1.54, 1.807) is 4.57 Å². The number of sulfonamides is 1. The van der Waals surface area contributed by atoms with Crippen molar-refractivity contribution in [2.45, 2.75) is 31.1 Å². The van der Waals surface area contributed by atoms with Crippen molar-refractivity contribution in [1.82, 2.24) is 9.55 Å². The van der Waals surface area contributed by atoms with Crippen molar-refractivity contribution >= 4 is 15.7 Å². The molecule has 0 amide bonds. The molecule has 2 rings (SSSR count). The molecule has 1 N–H and O–H groups in total. The molecular formula is C13H14F3N3O2S. The minimum atomic E-state index is -4.54. The number of anilines is 1. The van der Waals surface area contributed by atoms with E-state index in [1.165, 1.54) is 18.6 Å². The first kappa shape index (κ1) is 16.3. The van der Waals surface area contributed by atoms with Gasteiger partial charge in [0.25, 0.3) is 10.0 Å². The van der Waals surface area contributed by atoms with Gasteiger partial charge in [-0.3, -0.25) is 4.72 Å². The van der Waals surface area contributed by atoms with E-state index in [4.69, 9.17) is 0 Å². The summed E-state index contributed by atoms with van der Waals surface area (Å²) in [5.41, 5.74) is -1.10. The normalized spacial score (nSPS) is 12.6. The lowest BCUT2D eigenvalue weighted by Crippen LogP contribution is -2.14. The van der Waals surface area contributed by atoms with E-state index in [0.29, 0.717) is 0 Å². The van der Waals surface area contributed by atoms with Gasteiger partial charge in [-0.2, -0.15) is 21.6 Å². The van der Waals surface area contributed by atoms with Crippen molar-refractivity contribution in [1.29, 1.82) is 0 Å². The third kappa shape index (κ3) is 3.59. The molecule has 0 atom stereocenters. The molecule has 0 aliphatic heterocycles. The quantitative estimate of drug-likeness (QED) is 0.934. The zero-order valence-electron chi connectivity index (χ0n) is 11.8. The Morgan fingerprint density at radius 3 is 2.50 bits per heavy atom. The molecule has 0 aliphatic carbocycles. The smallest absolute Gasteiger partial charge is 0.334 e. The van der Waals surface area contributed by atoms with Crippen LogP contribution in [0.2, 0.25) is 0 Å². The van der Waals surface area contributed by atoms with E-state index in [9.17, 15) is 21.6 Å². The van der Waals surface area contributed by atoms with Crippen LogP contribution < -0.4 is 4.72 Å². The van der Waals surface area contributed by atoms with Crippen molar-refractivity contribution in [3.05, 3.63) is 42.4 Å². The van der Waals surface area contributed by atoms with Crippen LogP contribution in [0.4, 0.5) is 18.9 Å². The number of nitrogens with one attached hydrogen (secondary N) is 1. The Bertz CT molecular complexity index is 767. The van der Waals surface area contributed by atoms with Gasteiger partial charge in [0.2, 0.25) is 0 Å². The van der Waals surface area contributed by atoms with Crippen LogP contribution in [0.5, 0.6) is 0 Å². The third-order valence-corrected chi connectivity index (χ3v) is 4.16. The Balaban J connectivity index is 2.29. The van der Waals surface area contributed by atoms with Gasteiger partial charge in [-0.15, -0.1) is 0 Å². The van der Waals surface area contributed by atoms with Crippen LogP contribution in [0.15, 0.2) is 41.8 Å². The monoisotopic (exact) mass is 333 g/mol. The number of rotatable bonds is 4. The van der Waals surface area contributed by atoms with Crippen LogP contribution in [0.1, 0.15) is 25.5 Å². The number of aromatic nitrogens is 2. The summed E-state index contributed by atoms with van der Waals surface area (Å²) in [5, 5.41) is -0.251. The maximum atomic E-state index is 12.6. The molecule has 1 heterocycles. The van der Waals surface area contributed by atoms with Gasteiger partial charge < -0.3 is 4.57 Å². The van der Waals surface area contributed by atoms with E-state index in [0.717, 1.165) is 18.2 Å². The highest BCUT2D eigenvalue weighted by Crippen LogP contribution is 2.31. The number of imidazole rings is 1. The number of nitrogens with zero attached hydrogens (tertiary/aromatic N) is 2. The zero-order valence-corrected chi connectivity index (χ0v) is 12.6. The molecule has 0 radical (unpaired) electrons. The fraction of sp³-hybridized carbons (Fsp3) is 0.308. The van der Waals surface area contributed by atoms with Gasteiger partial charge in [0, 0.05) is 17.9 Å². The highest BCUT2D eigenvalue weighted by atomic mass is 32.2. The van der Waals surface area contributed by atoms with Crippen molar-refractivity contribution in [2.75, 3.05) is 4.72 Å². The molecule has 22 heavy (non-hydrogen) atoms. The van der Waals surface area contributed by atoms with Gasteiger partial charge in [0.05, 0.1) is 11.9 Å². The second-order valence-electron chi connectivity index (χ2n) is 4.94. The van der Waals surface area contributed by atoms with Crippen LogP contribution in [0.3, 0.4) is 0 Å². The molecule has 5 nitrogen and oxygen atoms in total. The van der Waals surface area contributed by atoms with Crippen molar-refractivity contribution < 1.29 is 21.6 Å². The number of halogens is 3. The summed E-state index contributed by atoms with van der Waals surface area (Å²) < 4.78 is 65.8. The number of hydrogen-bond donors (Lipinski definition) is 1. The van der Waals surface area contributed by atoms with Crippen LogP contribution in [-0.4, -0.2) is 18.0 Å². The lowest BCUT2D eigenvalue weighted by molar-refractivity contribution is -0.137.